The van der Waals surface area contributed by atoms with Crippen molar-refractivity contribution in [3.05, 3.63) is 99.6 Å². The molecule has 0 saturated carbocycles. The molecule has 0 amide bonds. The van der Waals surface area contributed by atoms with Crippen molar-refractivity contribution in [2.75, 3.05) is 19.0 Å². The summed E-state index contributed by atoms with van der Waals surface area (Å²) in [7, 11) is -3.53. The molecule has 1 atom stereocenters. The van der Waals surface area contributed by atoms with Gasteiger partial charge < -0.3 is 9.84 Å². The summed E-state index contributed by atoms with van der Waals surface area (Å²) >= 11 is 0. The maximum Gasteiger partial charge on any atom is 0.269 e. The number of hydrogen-bond donors (Lipinski definition) is 1. The Morgan fingerprint density at radius 3 is 2.00 bits per heavy atom. The molecular formula is C25H25NO6S. The van der Waals surface area contributed by atoms with Gasteiger partial charge in [-0.2, -0.15) is 0 Å². The minimum absolute atomic E-state index is 0.0431. The molecule has 3 rings (SSSR count). The van der Waals surface area contributed by atoms with Crippen LogP contribution in [0.3, 0.4) is 0 Å². The lowest BCUT2D eigenvalue weighted by Crippen LogP contribution is -2.25. The number of nitro groups is 1. The van der Waals surface area contributed by atoms with Crippen molar-refractivity contribution < 1.29 is 23.2 Å². The average molecular weight is 468 g/mol. The topological polar surface area (TPSA) is 107 Å². The lowest BCUT2D eigenvalue weighted by molar-refractivity contribution is -0.384. The van der Waals surface area contributed by atoms with Gasteiger partial charge in [0.05, 0.1) is 28.8 Å². The van der Waals surface area contributed by atoms with Crippen LogP contribution in [0, 0.1) is 23.0 Å². The minimum atomic E-state index is -3.53. The molecule has 0 aliphatic heterocycles. The molecule has 0 spiro atoms. The maximum absolute atomic E-state index is 12.6. The van der Waals surface area contributed by atoms with Gasteiger partial charge in [0.1, 0.15) is 5.75 Å². The van der Waals surface area contributed by atoms with Crippen LogP contribution in [0.2, 0.25) is 0 Å². The quantitative estimate of drug-likeness (QED) is 0.267. The second kappa shape index (κ2) is 10.9. The van der Waals surface area contributed by atoms with Crippen molar-refractivity contribution >= 4 is 27.7 Å². The molecule has 172 valence electrons. The summed E-state index contributed by atoms with van der Waals surface area (Å²) in [4.78, 5) is 10.5. The molecular weight excluding hydrogens is 442 g/mol. The molecule has 0 aliphatic carbocycles. The van der Waals surface area contributed by atoms with E-state index in [4.69, 9.17) is 4.74 Å². The first-order valence-electron chi connectivity index (χ1n) is 10.3. The third-order valence-electron chi connectivity index (χ3n) is 5.03. The molecule has 33 heavy (non-hydrogen) atoms. The van der Waals surface area contributed by atoms with Gasteiger partial charge >= 0.3 is 0 Å². The summed E-state index contributed by atoms with van der Waals surface area (Å²) in [6.07, 6.45) is 3.72. The van der Waals surface area contributed by atoms with Crippen LogP contribution in [0.25, 0.3) is 12.2 Å². The second-order valence-electron chi connectivity index (χ2n) is 7.71. The van der Waals surface area contributed by atoms with Crippen LogP contribution in [0.5, 0.6) is 5.75 Å². The molecule has 0 aromatic heterocycles. The van der Waals surface area contributed by atoms with Crippen LogP contribution in [0.4, 0.5) is 5.69 Å². The first kappa shape index (κ1) is 24.2. The normalized spacial score (nSPS) is 12.5. The summed E-state index contributed by atoms with van der Waals surface area (Å²) in [5.74, 6) is -0.200. The third kappa shape index (κ3) is 7.00. The van der Waals surface area contributed by atoms with Crippen molar-refractivity contribution in [2.24, 2.45) is 5.92 Å². The Hall–Kier alpha value is -3.49. The van der Waals surface area contributed by atoms with E-state index in [0.717, 1.165) is 16.7 Å². The van der Waals surface area contributed by atoms with Crippen LogP contribution in [-0.2, 0) is 9.84 Å². The number of non-ortho nitro benzene ring substituents is 1. The average Bonchev–Trinajstić information content (AvgIpc) is 2.81. The van der Waals surface area contributed by atoms with Crippen molar-refractivity contribution in [1.29, 1.82) is 0 Å². The van der Waals surface area contributed by atoms with Gasteiger partial charge in [-0.25, -0.2) is 8.42 Å². The van der Waals surface area contributed by atoms with E-state index in [1.807, 2.05) is 31.2 Å². The smallest absolute Gasteiger partial charge is 0.269 e. The van der Waals surface area contributed by atoms with Gasteiger partial charge in [-0.1, -0.05) is 42.0 Å². The Morgan fingerprint density at radius 2 is 1.48 bits per heavy atom. The van der Waals surface area contributed by atoms with Gasteiger partial charge in [0.2, 0.25) is 0 Å². The fourth-order valence-electron chi connectivity index (χ4n) is 3.09. The molecule has 0 aliphatic rings. The highest BCUT2D eigenvalue weighted by atomic mass is 32.2. The standard InChI is InChI=1S/C25H25NO6S/c1-19-2-14-25(15-3-19)33(30,31)18-22(16-27)17-32-24-12-8-21(9-13-24)5-4-20-6-10-23(11-7-20)26(28)29/h2-15,22,27H,16-18H2,1H3. The van der Waals surface area contributed by atoms with E-state index in [2.05, 4.69) is 0 Å². The maximum atomic E-state index is 12.6. The molecule has 0 fully saturated rings. The summed E-state index contributed by atoms with van der Waals surface area (Å²) in [6, 6.07) is 20.1. The van der Waals surface area contributed by atoms with E-state index in [1.54, 1.807) is 48.5 Å². The summed E-state index contributed by atoms with van der Waals surface area (Å²) in [6.45, 7) is 1.65. The fraction of sp³-hybridized carbons (Fsp3) is 0.200. The molecule has 0 heterocycles. The van der Waals surface area contributed by atoms with E-state index >= 15 is 0 Å². The molecule has 1 unspecified atom stereocenters. The largest absolute Gasteiger partial charge is 0.493 e. The number of aliphatic hydroxyl groups is 1. The zero-order chi connectivity index (χ0) is 23.8. The number of nitrogens with zero attached hydrogens (tertiary/aromatic N) is 1. The fourth-order valence-corrected chi connectivity index (χ4v) is 4.66. The number of sulfone groups is 1. The highest BCUT2D eigenvalue weighted by Gasteiger charge is 2.21. The van der Waals surface area contributed by atoms with Crippen molar-refractivity contribution in [2.45, 2.75) is 11.8 Å². The number of aliphatic hydroxyl groups excluding tert-OH is 1. The molecule has 7 nitrogen and oxygen atoms in total. The van der Waals surface area contributed by atoms with Gasteiger partial charge in [0, 0.05) is 18.1 Å². The van der Waals surface area contributed by atoms with Crippen LogP contribution in [0.1, 0.15) is 16.7 Å². The predicted molar refractivity (Wildman–Crippen MR) is 128 cm³/mol. The highest BCUT2D eigenvalue weighted by Crippen LogP contribution is 2.19. The van der Waals surface area contributed by atoms with Gasteiger partial charge in [0.25, 0.3) is 5.69 Å². The van der Waals surface area contributed by atoms with Crippen molar-refractivity contribution in [3.63, 3.8) is 0 Å². The Kier molecular flexibility index (Phi) is 7.97. The predicted octanol–water partition coefficient (Wildman–Crippen LogP) is 4.53. The van der Waals surface area contributed by atoms with Crippen LogP contribution in [-0.4, -0.2) is 37.4 Å². The number of hydrogen-bond acceptors (Lipinski definition) is 6. The monoisotopic (exact) mass is 467 g/mol. The Bertz CT molecular complexity index is 1200. The molecule has 3 aromatic carbocycles. The van der Waals surface area contributed by atoms with E-state index in [0.29, 0.717) is 5.75 Å². The molecule has 8 heteroatoms. The van der Waals surface area contributed by atoms with Crippen LogP contribution < -0.4 is 4.74 Å². The van der Waals surface area contributed by atoms with Crippen molar-refractivity contribution in [3.8, 4) is 5.75 Å². The number of ether oxygens (including phenoxy) is 1. The molecule has 0 radical (unpaired) electrons. The van der Waals surface area contributed by atoms with E-state index in [1.165, 1.54) is 12.1 Å². The molecule has 3 aromatic rings. The molecule has 0 bridgehead atoms. The zero-order valence-electron chi connectivity index (χ0n) is 18.1. The number of aryl methyl sites for hydroxylation is 1. The van der Waals surface area contributed by atoms with Gasteiger partial charge in [-0.3, -0.25) is 10.1 Å². The van der Waals surface area contributed by atoms with Gasteiger partial charge in [-0.15, -0.1) is 0 Å². The van der Waals surface area contributed by atoms with E-state index in [-0.39, 0.29) is 29.5 Å². The number of rotatable bonds is 10. The molecule has 1 N–H and O–H groups in total. The lowest BCUT2D eigenvalue weighted by atomic mass is 10.1. The summed E-state index contributed by atoms with van der Waals surface area (Å²) in [5, 5.41) is 20.4. The summed E-state index contributed by atoms with van der Waals surface area (Å²) in [5.41, 5.74) is 2.76. The van der Waals surface area contributed by atoms with E-state index < -0.39 is 20.7 Å². The SMILES string of the molecule is Cc1ccc(S(=O)(=O)CC(CO)COc2ccc(C=Cc3ccc([N+](=O)[O-])cc3)cc2)cc1. The summed E-state index contributed by atoms with van der Waals surface area (Å²) < 4.78 is 30.9. The molecule has 0 saturated heterocycles. The van der Waals surface area contributed by atoms with E-state index in [9.17, 15) is 23.6 Å². The second-order valence-corrected chi connectivity index (χ2v) is 9.74. The lowest BCUT2D eigenvalue weighted by Gasteiger charge is -2.16. The van der Waals surface area contributed by atoms with Crippen molar-refractivity contribution in [1.82, 2.24) is 0 Å². The van der Waals surface area contributed by atoms with Crippen LogP contribution >= 0.6 is 0 Å². The third-order valence-corrected chi connectivity index (χ3v) is 6.93. The Labute approximate surface area is 193 Å². The van der Waals surface area contributed by atoms with Crippen LogP contribution in [0.15, 0.2) is 77.7 Å². The van der Waals surface area contributed by atoms with Gasteiger partial charge in [-0.05, 0) is 54.4 Å². The zero-order valence-corrected chi connectivity index (χ0v) is 18.9. The van der Waals surface area contributed by atoms with Gasteiger partial charge in [0.15, 0.2) is 9.84 Å². The first-order chi connectivity index (χ1) is 15.8. The number of nitro benzene ring substituents is 1. The first-order valence-corrected chi connectivity index (χ1v) is 12.0. The Balaban J connectivity index is 1.56. The Morgan fingerprint density at radius 1 is 0.939 bits per heavy atom. The number of benzene rings is 3. The minimum Gasteiger partial charge on any atom is -0.493 e. The highest BCUT2D eigenvalue weighted by molar-refractivity contribution is 7.91.